The van der Waals surface area contributed by atoms with E-state index in [2.05, 4.69) is 75.2 Å². The van der Waals surface area contributed by atoms with Crippen LogP contribution in [0.4, 0.5) is 0 Å². The molecule has 0 fully saturated rings. The molecule has 0 saturated carbocycles. The fourth-order valence-electron chi connectivity index (χ4n) is 3.38. The maximum absolute atomic E-state index is 3.81. The molecule has 0 unspecified atom stereocenters. The number of nitrogens with one attached hydrogen (secondary N) is 1. The van der Waals surface area contributed by atoms with Gasteiger partial charge in [-0.3, -0.25) is 0 Å². The van der Waals surface area contributed by atoms with Gasteiger partial charge in [-0.1, -0.05) is 69.9 Å². The van der Waals surface area contributed by atoms with Crippen LogP contribution in [0.25, 0.3) is 16.2 Å². The lowest BCUT2D eigenvalue weighted by molar-refractivity contribution is 0.470. The lowest BCUT2D eigenvalue weighted by atomic mass is 9.80. The average Bonchev–Trinajstić information content (AvgIpc) is 2.95. The Morgan fingerprint density at radius 1 is 1.24 bits per heavy atom. The molecule has 0 amide bonds. The molecule has 0 saturated heterocycles. The van der Waals surface area contributed by atoms with E-state index in [1.54, 1.807) is 0 Å². The van der Waals surface area contributed by atoms with Gasteiger partial charge in [0.25, 0.3) is 0 Å². The summed E-state index contributed by atoms with van der Waals surface area (Å²) in [5.41, 5.74) is 4.35. The monoisotopic (exact) mass is 349 g/mol. The molecule has 1 N–H and O–H groups in total. The van der Waals surface area contributed by atoms with E-state index < -0.39 is 0 Å². The van der Waals surface area contributed by atoms with Crippen molar-refractivity contribution < 1.29 is 0 Å². The summed E-state index contributed by atoms with van der Waals surface area (Å²) in [5.74, 6) is 0. The summed E-state index contributed by atoms with van der Waals surface area (Å²) in [6.45, 7) is 11.6. The van der Waals surface area contributed by atoms with Gasteiger partial charge in [-0.05, 0) is 41.5 Å². The molecule has 2 heteroatoms. The van der Waals surface area contributed by atoms with Crippen LogP contribution in [0.3, 0.4) is 0 Å². The second-order valence-corrected chi connectivity index (χ2v) is 8.60. The molecule has 0 bridgehead atoms. The number of hydrogen-bond donors (Lipinski definition) is 1. The molecule has 130 valence electrons. The van der Waals surface area contributed by atoms with Crippen LogP contribution in [-0.2, 0) is 6.54 Å². The Morgan fingerprint density at radius 2 is 2.04 bits per heavy atom. The third-order valence-corrected chi connectivity index (χ3v) is 5.81. The molecule has 1 aliphatic rings. The summed E-state index contributed by atoms with van der Waals surface area (Å²) in [6, 6.07) is 8.64. The van der Waals surface area contributed by atoms with Crippen molar-refractivity contribution in [1.82, 2.24) is 5.32 Å². The summed E-state index contributed by atoms with van der Waals surface area (Å²) in [4.78, 5) is 1.37. The third-order valence-electron chi connectivity index (χ3n) is 4.63. The topological polar surface area (TPSA) is 12.0 Å². The molecule has 0 spiro atoms. The van der Waals surface area contributed by atoms with Crippen molar-refractivity contribution in [1.29, 1.82) is 0 Å². The Hall–Kier alpha value is -2.06. The van der Waals surface area contributed by atoms with Crippen molar-refractivity contribution in [3.05, 3.63) is 76.9 Å². The van der Waals surface area contributed by atoms with Crippen LogP contribution in [0.5, 0.6) is 0 Å². The Balaban J connectivity index is 1.93. The van der Waals surface area contributed by atoms with Crippen LogP contribution in [0, 0.1) is 5.41 Å². The molecular formula is C23H27NS. The third kappa shape index (κ3) is 3.96. The van der Waals surface area contributed by atoms with Crippen molar-refractivity contribution in [3.63, 3.8) is 0 Å². The highest BCUT2D eigenvalue weighted by atomic mass is 32.1. The molecule has 1 aromatic carbocycles. The predicted octanol–water partition coefficient (Wildman–Crippen LogP) is 6.84. The van der Waals surface area contributed by atoms with Gasteiger partial charge >= 0.3 is 0 Å². The molecule has 0 radical (unpaired) electrons. The van der Waals surface area contributed by atoms with E-state index in [0.29, 0.717) is 0 Å². The Morgan fingerprint density at radius 3 is 2.80 bits per heavy atom. The van der Waals surface area contributed by atoms with Gasteiger partial charge in [-0.15, -0.1) is 11.3 Å². The van der Waals surface area contributed by atoms with Crippen LogP contribution in [0.1, 0.15) is 44.1 Å². The van der Waals surface area contributed by atoms with E-state index in [1.807, 2.05) is 23.5 Å². The van der Waals surface area contributed by atoms with Gasteiger partial charge in [0, 0.05) is 20.7 Å². The zero-order valence-electron chi connectivity index (χ0n) is 15.4. The minimum Gasteiger partial charge on any atom is -0.380 e. The van der Waals surface area contributed by atoms with E-state index >= 15 is 0 Å². The molecule has 1 nitrogen and oxygen atoms in total. The average molecular weight is 350 g/mol. The zero-order chi connectivity index (χ0) is 17.9. The highest BCUT2D eigenvalue weighted by Gasteiger charge is 2.21. The summed E-state index contributed by atoms with van der Waals surface area (Å²) < 4.78 is 1.34. The molecule has 3 rings (SSSR count). The zero-order valence-corrected chi connectivity index (χ0v) is 16.2. The van der Waals surface area contributed by atoms with Crippen molar-refractivity contribution in [3.8, 4) is 0 Å². The number of hydrogen-bond acceptors (Lipinski definition) is 2. The smallest absolute Gasteiger partial charge is 0.0500 e. The first-order valence-electron chi connectivity index (χ1n) is 8.94. The van der Waals surface area contributed by atoms with E-state index in [1.165, 1.54) is 31.8 Å². The molecule has 1 aliphatic carbocycles. The van der Waals surface area contributed by atoms with Crippen molar-refractivity contribution in [2.45, 2.75) is 40.2 Å². The first kappa shape index (κ1) is 17.8. The van der Waals surface area contributed by atoms with Crippen LogP contribution in [0.2, 0.25) is 0 Å². The second kappa shape index (κ2) is 7.45. The number of rotatable bonds is 5. The van der Waals surface area contributed by atoms with Crippen molar-refractivity contribution >= 4 is 27.5 Å². The lowest BCUT2D eigenvalue weighted by Gasteiger charge is -2.28. The Kier molecular flexibility index (Phi) is 5.29. The maximum atomic E-state index is 3.81. The second-order valence-electron chi connectivity index (χ2n) is 7.47. The van der Waals surface area contributed by atoms with Crippen molar-refractivity contribution in [2.75, 3.05) is 0 Å². The number of benzene rings is 1. The van der Waals surface area contributed by atoms with Crippen LogP contribution < -0.4 is 5.32 Å². The van der Waals surface area contributed by atoms with Gasteiger partial charge < -0.3 is 5.32 Å². The van der Waals surface area contributed by atoms with Gasteiger partial charge in [0.15, 0.2) is 0 Å². The summed E-state index contributed by atoms with van der Waals surface area (Å²) in [7, 11) is 0. The maximum Gasteiger partial charge on any atom is 0.0500 e. The first-order valence-corrected chi connectivity index (χ1v) is 9.76. The molecule has 1 aromatic heterocycles. The number of thiophene rings is 1. The fraction of sp³-hybridized carbons (Fsp3) is 0.304. The highest BCUT2D eigenvalue weighted by molar-refractivity contribution is 7.19. The summed E-state index contributed by atoms with van der Waals surface area (Å²) in [5, 5.41) is 5.04. The normalized spacial score (nSPS) is 15.3. The van der Waals surface area contributed by atoms with E-state index in [0.717, 1.165) is 19.4 Å². The van der Waals surface area contributed by atoms with Gasteiger partial charge in [0.1, 0.15) is 0 Å². The minimum absolute atomic E-state index is 0.207. The fourth-order valence-corrected chi connectivity index (χ4v) is 4.51. The molecular weight excluding hydrogens is 322 g/mol. The SMILES string of the molecule is C=C/C=C\c1c(CNC2=C(C(C)(C)C)CCC=C2)sc2ccccc12. The number of fused-ring (bicyclic) bond motifs is 1. The van der Waals surface area contributed by atoms with Crippen LogP contribution >= 0.6 is 11.3 Å². The number of allylic oxidation sites excluding steroid dienone is 5. The van der Waals surface area contributed by atoms with Gasteiger partial charge in [-0.2, -0.15) is 0 Å². The highest BCUT2D eigenvalue weighted by Crippen LogP contribution is 2.35. The Bertz CT molecular complexity index is 856. The summed E-state index contributed by atoms with van der Waals surface area (Å²) in [6.07, 6.45) is 12.9. The first-order chi connectivity index (χ1) is 12.0. The Labute approximate surface area is 155 Å². The molecule has 0 aliphatic heterocycles. The van der Waals surface area contributed by atoms with Crippen LogP contribution in [0.15, 0.2) is 66.4 Å². The molecule has 25 heavy (non-hydrogen) atoms. The van der Waals surface area contributed by atoms with Crippen molar-refractivity contribution in [2.24, 2.45) is 5.41 Å². The van der Waals surface area contributed by atoms with E-state index in [4.69, 9.17) is 0 Å². The molecule has 0 atom stereocenters. The van der Waals surface area contributed by atoms with Gasteiger partial charge in [0.05, 0.1) is 6.54 Å². The lowest BCUT2D eigenvalue weighted by Crippen LogP contribution is -2.21. The minimum atomic E-state index is 0.207. The standard InChI is InChI=1S/C23H27NS/c1-5-6-11-18-17-12-7-10-15-21(17)25-22(18)16-24-20-14-9-8-13-19(20)23(2,3)4/h5-7,9-12,14-15,24H,1,8,13,16H2,2-4H3/b11-6-. The summed E-state index contributed by atoms with van der Waals surface area (Å²) >= 11 is 1.88. The quantitative estimate of drug-likeness (QED) is 0.583. The molecule has 1 heterocycles. The largest absolute Gasteiger partial charge is 0.380 e. The van der Waals surface area contributed by atoms with Crippen LogP contribution in [-0.4, -0.2) is 0 Å². The predicted molar refractivity (Wildman–Crippen MR) is 113 cm³/mol. The van der Waals surface area contributed by atoms with E-state index in [9.17, 15) is 0 Å². The van der Waals surface area contributed by atoms with Gasteiger partial charge in [-0.25, -0.2) is 0 Å². The van der Waals surface area contributed by atoms with E-state index in [-0.39, 0.29) is 5.41 Å². The van der Waals surface area contributed by atoms with Gasteiger partial charge in [0.2, 0.25) is 0 Å². The molecule has 2 aromatic rings.